The lowest BCUT2D eigenvalue weighted by molar-refractivity contribution is 0.156. The summed E-state index contributed by atoms with van der Waals surface area (Å²) >= 11 is 0. The van der Waals surface area contributed by atoms with Crippen molar-refractivity contribution in [1.29, 1.82) is 0 Å². The van der Waals surface area contributed by atoms with Crippen LogP contribution in [0, 0.1) is 0 Å². The number of rotatable bonds is 12. The fraction of sp³-hybridized carbons (Fsp3) is 0.478. The Hall–Kier alpha value is -1.80. The minimum Gasteiger partial charge on any atom is -0.393 e. The maximum atomic E-state index is 9.52. The number of hydrogen-bond acceptors (Lipinski definition) is 2. The van der Waals surface area contributed by atoms with E-state index in [1.165, 1.54) is 50.5 Å². The summed E-state index contributed by atoms with van der Waals surface area (Å²) in [4.78, 5) is 0. The van der Waals surface area contributed by atoms with Crippen molar-refractivity contribution >= 4 is 11.4 Å². The van der Waals surface area contributed by atoms with Crippen LogP contribution in [0.5, 0.6) is 0 Å². The molecule has 25 heavy (non-hydrogen) atoms. The van der Waals surface area contributed by atoms with Crippen LogP contribution < -0.4 is 5.32 Å². The van der Waals surface area contributed by atoms with Crippen LogP contribution in [-0.2, 0) is 6.42 Å². The summed E-state index contributed by atoms with van der Waals surface area (Å²) in [6, 6.07) is 19.1. The van der Waals surface area contributed by atoms with Gasteiger partial charge in [0.15, 0.2) is 0 Å². The molecule has 0 radical (unpaired) electrons. The number of aliphatic hydroxyl groups is 1. The van der Waals surface area contributed by atoms with Crippen molar-refractivity contribution in [2.75, 3.05) is 5.32 Å². The zero-order valence-corrected chi connectivity index (χ0v) is 15.6. The first-order valence-corrected chi connectivity index (χ1v) is 9.87. The number of unbranched alkanes of at least 4 members (excludes halogenated alkanes) is 5. The summed E-state index contributed by atoms with van der Waals surface area (Å²) in [5, 5.41) is 12.9. The maximum absolute atomic E-state index is 9.52. The van der Waals surface area contributed by atoms with Crippen LogP contribution in [-0.4, -0.2) is 11.2 Å². The quantitative estimate of drug-likeness (QED) is 0.434. The fourth-order valence-electron chi connectivity index (χ4n) is 3.06. The van der Waals surface area contributed by atoms with Crippen LogP contribution in [0.1, 0.15) is 63.9 Å². The summed E-state index contributed by atoms with van der Waals surface area (Å²) in [5.41, 5.74) is 3.69. The van der Waals surface area contributed by atoms with Gasteiger partial charge in [0.2, 0.25) is 0 Å². The molecule has 2 aromatic rings. The van der Waals surface area contributed by atoms with E-state index in [0.717, 1.165) is 24.2 Å². The lowest BCUT2D eigenvalue weighted by Crippen LogP contribution is -2.03. The zero-order valence-electron chi connectivity index (χ0n) is 15.6. The molecule has 0 heterocycles. The normalized spacial score (nSPS) is 12.1. The highest BCUT2D eigenvalue weighted by molar-refractivity contribution is 5.59. The van der Waals surface area contributed by atoms with Gasteiger partial charge in [-0.05, 0) is 55.5 Å². The van der Waals surface area contributed by atoms with Crippen molar-refractivity contribution in [3.05, 3.63) is 60.2 Å². The molecule has 0 aliphatic carbocycles. The van der Waals surface area contributed by atoms with E-state index in [9.17, 15) is 5.11 Å². The van der Waals surface area contributed by atoms with Gasteiger partial charge in [-0.25, -0.2) is 0 Å². The third-order valence-electron chi connectivity index (χ3n) is 4.74. The first kappa shape index (κ1) is 19.5. The van der Waals surface area contributed by atoms with Gasteiger partial charge in [-0.15, -0.1) is 0 Å². The molecule has 0 saturated carbocycles. The lowest BCUT2D eigenvalue weighted by Gasteiger charge is -2.08. The Morgan fingerprint density at radius 1 is 0.760 bits per heavy atom. The van der Waals surface area contributed by atoms with Crippen molar-refractivity contribution in [3.8, 4) is 0 Å². The zero-order chi connectivity index (χ0) is 17.7. The minimum absolute atomic E-state index is 0.0839. The molecule has 0 aliphatic heterocycles. The van der Waals surface area contributed by atoms with E-state index in [2.05, 4.69) is 48.6 Å². The fourth-order valence-corrected chi connectivity index (χ4v) is 3.06. The Balaban J connectivity index is 1.56. The highest BCUT2D eigenvalue weighted by Gasteiger charge is 2.00. The monoisotopic (exact) mass is 339 g/mol. The van der Waals surface area contributed by atoms with Gasteiger partial charge in [0.25, 0.3) is 0 Å². The number of anilines is 2. The van der Waals surface area contributed by atoms with Gasteiger partial charge in [-0.3, -0.25) is 0 Å². The molecule has 0 amide bonds. The van der Waals surface area contributed by atoms with Crippen LogP contribution >= 0.6 is 0 Å². The van der Waals surface area contributed by atoms with Crippen LogP contribution in [0.4, 0.5) is 11.4 Å². The Bertz CT molecular complexity index is 564. The Morgan fingerprint density at radius 2 is 1.36 bits per heavy atom. The molecule has 136 valence electrons. The molecule has 2 rings (SSSR count). The SMILES string of the molecule is CCC(O)CCCCCCCCc1ccc(Nc2ccccc2)cc1. The average Bonchev–Trinajstić information content (AvgIpc) is 2.65. The summed E-state index contributed by atoms with van der Waals surface area (Å²) in [7, 11) is 0. The molecular weight excluding hydrogens is 306 g/mol. The smallest absolute Gasteiger partial charge is 0.0537 e. The summed E-state index contributed by atoms with van der Waals surface area (Å²) in [5.74, 6) is 0. The minimum atomic E-state index is -0.0839. The van der Waals surface area contributed by atoms with E-state index in [1.807, 2.05) is 18.2 Å². The molecule has 2 nitrogen and oxygen atoms in total. The van der Waals surface area contributed by atoms with Crippen LogP contribution in [0.15, 0.2) is 54.6 Å². The van der Waals surface area contributed by atoms with Gasteiger partial charge in [-0.2, -0.15) is 0 Å². The van der Waals surface area contributed by atoms with Gasteiger partial charge in [-0.1, -0.05) is 69.4 Å². The van der Waals surface area contributed by atoms with Crippen LogP contribution in [0.2, 0.25) is 0 Å². The summed E-state index contributed by atoms with van der Waals surface area (Å²) < 4.78 is 0. The molecule has 0 saturated heterocycles. The second kappa shape index (κ2) is 11.7. The molecule has 2 heteroatoms. The predicted octanol–water partition coefficient (Wildman–Crippen LogP) is 6.47. The largest absolute Gasteiger partial charge is 0.393 e. The number of para-hydroxylation sites is 1. The van der Waals surface area contributed by atoms with Gasteiger partial charge in [0.1, 0.15) is 0 Å². The van der Waals surface area contributed by atoms with E-state index >= 15 is 0 Å². The molecule has 0 aromatic heterocycles. The number of aryl methyl sites for hydroxylation is 1. The lowest BCUT2D eigenvalue weighted by atomic mass is 10.0. The second-order valence-electron chi connectivity index (χ2n) is 6.91. The highest BCUT2D eigenvalue weighted by Crippen LogP contribution is 2.18. The Labute approximate surface area is 153 Å². The van der Waals surface area contributed by atoms with E-state index in [1.54, 1.807) is 0 Å². The topological polar surface area (TPSA) is 32.3 Å². The molecular formula is C23H33NO. The number of benzene rings is 2. The summed E-state index contributed by atoms with van der Waals surface area (Å²) in [6.07, 6.45) is 10.6. The number of aliphatic hydroxyl groups excluding tert-OH is 1. The van der Waals surface area contributed by atoms with Crippen LogP contribution in [0.3, 0.4) is 0 Å². The van der Waals surface area contributed by atoms with Crippen molar-refractivity contribution in [2.24, 2.45) is 0 Å². The maximum Gasteiger partial charge on any atom is 0.0537 e. The first-order chi connectivity index (χ1) is 12.3. The average molecular weight is 340 g/mol. The Kier molecular flexibility index (Phi) is 9.14. The summed E-state index contributed by atoms with van der Waals surface area (Å²) in [6.45, 7) is 2.05. The van der Waals surface area contributed by atoms with Gasteiger partial charge in [0, 0.05) is 11.4 Å². The molecule has 0 aliphatic rings. The standard InChI is InChI=1S/C23H33NO/c1-2-23(25)15-11-6-4-3-5-8-12-20-16-18-22(19-17-20)24-21-13-9-7-10-14-21/h7,9-10,13-14,16-19,23-25H,2-6,8,11-12,15H2,1H3. The third kappa shape index (κ3) is 8.22. The number of hydrogen-bond donors (Lipinski definition) is 2. The van der Waals surface area contributed by atoms with Gasteiger partial charge >= 0.3 is 0 Å². The molecule has 0 fully saturated rings. The highest BCUT2D eigenvalue weighted by atomic mass is 16.3. The first-order valence-electron chi connectivity index (χ1n) is 9.87. The van der Waals surface area contributed by atoms with E-state index < -0.39 is 0 Å². The Morgan fingerprint density at radius 3 is 2.04 bits per heavy atom. The van der Waals surface area contributed by atoms with Crippen LogP contribution in [0.25, 0.3) is 0 Å². The number of nitrogens with one attached hydrogen (secondary N) is 1. The van der Waals surface area contributed by atoms with E-state index in [0.29, 0.717) is 0 Å². The van der Waals surface area contributed by atoms with Crippen molar-refractivity contribution in [1.82, 2.24) is 0 Å². The molecule has 1 unspecified atom stereocenters. The van der Waals surface area contributed by atoms with Gasteiger partial charge < -0.3 is 10.4 Å². The molecule has 0 spiro atoms. The molecule has 2 N–H and O–H groups in total. The molecule has 2 aromatic carbocycles. The second-order valence-corrected chi connectivity index (χ2v) is 6.91. The van der Waals surface area contributed by atoms with Gasteiger partial charge in [0.05, 0.1) is 6.10 Å². The van der Waals surface area contributed by atoms with Crippen molar-refractivity contribution < 1.29 is 5.11 Å². The predicted molar refractivity (Wildman–Crippen MR) is 108 cm³/mol. The van der Waals surface area contributed by atoms with E-state index in [-0.39, 0.29) is 6.10 Å². The van der Waals surface area contributed by atoms with Crippen molar-refractivity contribution in [2.45, 2.75) is 70.8 Å². The van der Waals surface area contributed by atoms with E-state index in [4.69, 9.17) is 0 Å². The van der Waals surface area contributed by atoms with Crippen molar-refractivity contribution in [3.63, 3.8) is 0 Å². The third-order valence-corrected chi connectivity index (χ3v) is 4.74. The molecule has 0 bridgehead atoms. The molecule has 1 atom stereocenters.